The Bertz CT molecular complexity index is 400. The quantitative estimate of drug-likeness (QED) is 0.681. The minimum atomic E-state index is -0.685. The number of aliphatic carboxylic acids is 1. The van der Waals surface area contributed by atoms with Crippen molar-refractivity contribution in [2.75, 3.05) is 0 Å². The van der Waals surface area contributed by atoms with Gasteiger partial charge in [-0.15, -0.1) is 0 Å². The molecule has 0 heterocycles. The minimum absolute atomic E-state index is 0.294. The second-order valence-electron chi connectivity index (χ2n) is 5.52. The van der Waals surface area contributed by atoms with Crippen molar-refractivity contribution in [3.63, 3.8) is 0 Å². The summed E-state index contributed by atoms with van der Waals surface area (Å²) in [6, 6.07) is 7.49. The van der Waals surface area contributed by atoms with Crippen molar-refractivity contribution in [2.45, 2.75) is 52.4 Å². The van der Waals surface area contributed by atoms with Crippen molar-refractivity contribution in [3.05, 3.63) is 34.9 Å². The summed E-state index contributed by atoms with van der Waals surface area (Å²) in [6.07, 6.45) is 5.92. The van der Waals surface area contributed by atoms with Crippen molar-refractivity contribution in [1.82, 2.24) is 0 Å². The third-order valence-electron chi connectivity index (χ3n) is 3.91. The van der Waals surface area contributed by atoms with Crippen LogP contribution in [0.2, 0.25) is 5.02 Å². The molecule has 0 aliphatic rings. The average Bonchev–Trinajstić information content (AvgIpc) is 2.44. The Hall–Kier alpha value is -1.02. The number of carboxylic acid groups (broad SMARTS) is 1. The normalized spacial score (nSPS) is 13.9. The molecule has 2 atom stereocenters. The van der Waals surface area contributed by atoms with Gasteiger partial charge in [0.1, 0.15) is 0 Å². The number of hydrogen-bond donors (Lipinski definition) is 1. The monoisotopic (exact) mass is 296 g/mol. The third-order valence-corrected chi connectivity index (χ3v) is 4.16. The molecule has 20 heavy (non-hydrogen) atoms. The predicted molar refractivity (Wildman–Crippen MR) is 84.2 cm³/mol. The molecular formula is C17H25ClO2. The number of rotatable bonds is 9. The topological polar surface area (TPSA) is 37.3 Å². The van der Waals surface area contributed by atoms with E-state index in [9.17, 15) is 9.90 Å². The van der Waals surface area contributed by atoms with Crippen LogP contribution in [0.25, 0.3) is 0 Å². The van der Waals surface area contributed by atoms with Crippen LogP contribution in [0, 0.1) is 11.8 Å². The van der Waals surface area contributed by atoms with Crippen LogP contribution in [-0.4, -0.2) is 11.1 Å². The van der Waals surface area contributed by atoms with Crippen LogP contribution in [0.4, 0.5) is 0 Å². The summed E-state index contributed by atoms with van der Waals surface area (Å²) in [5.41, 5.74) is 1.05. The number of hydrogen-bond acceptors (Lipinski definition) is 1. The van der Waals surface area contributed by atoms with Gasteiger partial charge in [0.15, 0.2) is 0 Å². The molecule has 112 valence electrons. The van der Waals surface area contributed by atoms with Crippen molar-refractivity contribution >= 4 is 17.6 Å². The van der Waals surface area contributed by atoms with Gasteiger partial charge in [0.05, 0.1) is 5.92 Å². The highest BCUT2D eigenvalue weighted by atomic mass is 35.5. The first kappa shape index (κ1) is 17.0. The summed E-state index contributed by atoms with van der Waals surface area (Å²) >= 11 is 5.86. The lowest BCUT2D eigenvalue weighted by molar-refractivity contribution is -0.142. The number of unbranched alkanes of at least 4 members (excludes halogenated alkanes) is 1. The van der Waals surface area contributed by atoms with Crippen molar-refractivity contribution < 1.29 is 9.90 Å². The van der Waals surface area contributed by atoms with Gasteiger partial charge in [-0.1, -0.05) is 63.3 Å². The summed E-state index contributed by atoms with van der Waals surface area (Å²) < 4.78 is 0. The smallest absolute Gasteiger partial charge is 0.306 e. The number of carboxylic acids is 1. The van der Waals surface area contributed by atoms with E-state index >= 15 is 0 Å². The van der Waals surface area contributed by atoms with Gasteiger partial charge in [0.2, 0.25) is 0 Å². The molecule has 0 radical (unpaired) electrons. The Morgan fingerprint density at radius 2 is 1.90 bits per heavy atom. The zero-order valence-corrected chi connectivity index (χ0v) is 13.2. The fourth-order valence-electron chi connectivity index (χ4n) is 2.56. The van der Waals surface area contributed by atoms with E-state index in [0.717, 1.165) is 24.8 Å². The van der Waals surface area contributed by atoms with E-state index in [4.69, 9.17) is 11.6 Å². The molecular weight excluding hydrogens is 272 g/mol. The van der Waals surface area contributed by atoms with Crippen LogP contribution in [0.3, 0.4) is 0 Å². The summed E-state index contributed by atoms with van der Waals surface area (Å²) in [5.74, 6) is -0.462. The van der Waals surface area contributed by atoms with Gasteiger partial charge in [-0.3, -0.25) is 4.79 Å². The molecule has 0 amide bonds. The summed E-state index contributed by atoms with van der Waals surface area (Å²) in [7, 11) is 0. The first-order chi connectivity index (χ1) is 9.56. The van der Waals surface area contributed by atoms with E-state index in [1.807, 2.05) is 24.3 Å². The van der Waals surface area contributed by atoms with Crippen LogP contribution in [0.1, 0.15) is 51.5 Å². The Kier molecular flexibility index (Phi) is 7.68. The molecule has 0 spiro atoms. The fourth-order valence-corrected chi connectivity index (χ4v) is 2.69. The Morgan fingerprint density at radius 1 is 1.25 bits per heavy atom. The molecule has 0 saturated heterocycles. The van der Waals surface area contributed by atoms with Crippen LogP contribution in [-0.2, 0) is 11.2 Å². The minimum Gasteiger partial charge on any atom is -0.481 e. The van der Waals surface area contributed by atoms with Crippen molar-refractivity contribution in [2.24, 2.45) is 11.8 Å². The van der Waals surface area contributed by atoms with E-state index in [2.05, 4.69) is 13.8 Å². The highest BCUT2D eigenvalue weighted by Crippen LogP contribution is 2.25. The van der Waals surface area contributed by atoms with E-state index in [0.29, 0.717) is 17.4 Å². The van der Waals surface area contributed by atoms with Gasteiger partial charge in [0, 0.05) is 5.02 Å². The van der Waals surface area contributed by atoms with Crippen LogP contribution < -0.4 is 0 Å². The van der Waals surface area contributed by atoms with Gasteiger partial charge >= 0.3 is 5.97 Å². The molecule has 2 unspecified atom stereocenters. The van der Waals surface area contributed by atoms with Gasteiger partial charge in [0.25, 0.3) is 0 Å². The summed E-state index contributed by atoms with van der Waals surface area (Å²) in [5, 5.41) is 10.1. The molecule has 0 aliphatic heterocycles. The average molecular weight is 297 g/mol. The second kappa shape index (κ2) is 9.02. The second-order valence-corrected chi connectivity index (χ2v) is 5.95. The maximum atomic E-state index is 11.5. The molecule has 1 N–H and O–H groups in total. The Labute approximate surface area is 127 Å². The number of carbonyl (C=O) groups is 1. The molecule has 0 aromatic heterocycles. The lowest BCUT2D eigenvalue weighted by atomic mass is 9.85. The maximum absolute atomic E-state index is 11.5. The first-order valence-electron chi connectivity index (χ1n) is 7.54. The molecule has 0 saturated carbocycles. The van der Waals surface area contributed by atoms with Crippen molar-refractivity contribution in [3.8, 4) is 0 Å². The standard InChI is InChI=1S/C17H25ClO2/c1-3-5-6-13(4-2)11-15(17(19)20)12-14-7-9-16(18)10-8-14/h7-10,13,15H,3-6,11-12H2,1-2H3,(H,19,20). The molecule has 0 aliphatic carbocycles. The Morgan fingerprint density at radius 3 is 2.40 bits per heavy atom. The van der Waals surface area contributed by atoms with E-state index < -0.39 is 5.97 Å². The third kappa shape index (κ3) is 5.96. The van der Waals surface area contributed by atoms with Gasteiger partial charge in [-0.2, -0.15) is 0 Å². The SMILES string of the molecule is CCCCC(CC)CC(Cc1ccc(Cl)cc1)C(=O)O. The first-order valence-corrected chi connectivity index (χ1v) is 7.91. The molecule has 0 fully saturated rings. The number of benzene rings is 1. The van der Waals surface area contributed by atoms with E-state index in [1.54, 1.807) is 0 Å². The summed E-state index contributed by atoms with van der Waals surface area (Å²) in [6.45, 7) is 4.33. The van der Waals surface area contributed by atoms with Gasteiger partial charge < -0.3 is 5.11 Å². The molecule has 0 bridgehead atoms. The van der Waals surface area contributed by atoms with Crippen LogP contribution in [0.5, 0.6) is 0 Å². The Balaban J connectivity index is 2.63. The molecule has 1 rings (SSSR count). The van der Waals surface area contributed by atoms with Crippen molar-refractivity contribution in [1.29, 1.82) is 0 Å². The molecule has 3 heteroatoms. The summed E-state index contributed by atoms with van der Waals surface area (Å²) in [4.78, 5) is 11.5. The van der Waals surface area contributed by atoms with Gasteiger partial charge in [-0.25, -0.2) is 0 Å². The van der Waals surface area contributed by atoms with E-state index in [-0.39, 0.29) is 5.92 Å². The van der Waals surface area contributed by atoms with Crippen LogP contribution in [0.15, 0.2) is 24.3 Å². The molecule has 1 aromatic rings. The zero-order valence-electron chi connectivity index (χ0n) is 12.4. The lowest BCUT2D eigenvalue weighted by Gasteiger charge is -2.20. The maximum Gasteiger partial charge on any atom is 0.306 e. The van der Waals surface area contributed by atoms with E-state index in [1.165, 1.54) is 12.8 Å². The predicted octanol–water partition coefficient (Wildman–Crippen LogP) is 5.19. The molecule has 1 aromatic carbocycles. The fraction of sp³-hybridized carbons (Fsp3) is 0.588. The van der Waals surface area contributed by atoms with Crippen LogP contribution >= 0.6 is 11.6 Å². The highest BCUT2D eigenvalue weighted by molar-refractivity contribution is 6.30. The lowest BCUT2D eigenvalue weighted by Crippen LogP contribution is -2.20. The van der Waals surface area contributed by atoms with Gasteiger partial charge in [-0.05, 0) is 36.5 Å². The molecule has 2 nitrogen and oxygen atoms in total. The highest BCUT2D eigenvalue weighted by Gasteiger charge is 2.22. The zero-order chi connectivity index (χ0) is 15.0. The largest absolute Gasteiger partial charge is 0.481 e. The number of halogens is 1.